The van der Waals surface area contributed by atoms with E-state index < -0.39 is 0 Å². The van der Waals surface area contributed by atoms with Crippen LogP contribution in [0.2, 0.25) is 5.28 Å². The Hall–Kier alpha value is -1.40. The van der Waals surface area contributed by atoms with E-state index in [9.17, 15) is 0 Å². The van der Waals surface area contributed by atoms with Crippen molar-refractivity contribution < 1.29 is 0 Å². The summed E-state index contributed by atoms with van der Waals surface area (Å²) in [6, 6.07) is 2.15. The number of aromatic nitrogens is 3. The maximum absolute atomic E-state index is 5.89. The Morgan fingerprint density at radius 2 is 2.11 bits per heavy atom. The number of nitrogens with zero attached hydrogens (tertiary/aromatic N) is 4. The fraction of sp³-hybridized carbons (Fsp3) is 0.417. The molecule has 0 bridgehead atoms. The van der Waals surface area contributed by atoms with Gasteiger partial charge >= 0.3 is 0 Å². The molecule has 5 nitrogen and oxygen atoms in total. The van der Waals surface area contributed by atoms with Crippen molar-refractivity contribution in [2.45, 2.75) is 19.9 Å². The average molecular weight is 298 g/mol. The van der Waals surface area contributed by atoms with Crippen molar-refractivity contribution in [1.29, 1.82) is 0 Å². The minimum absolute atomic E-state index is 0.197. The van der Waals surface area contributed by atoms with Gasteiger partial charge < -0.3 is 10.2 Å². The monoisotopic (exact) mass is 297 g/mol. The normalized spacial score (nSPS) is 10.5. The van der Waals surface area contributed by atoms with Crippen molar-refractivity contribution in [2.24, 2.45) is 0 Å². The van der Waals surface area contributed by atoms with Gasteiger partial charge in [0.2, 0.25) is 17.2 Å². The molecule has 102 valence electrons. The molecule has 0 aliphatic heterocycles. The predicted octanol–water partition coefficient (Wildman–Crippen LogP) is 2.83. The Morgan fingerprint density at radius 1 is 1.32 bits per heavy atom. The van der Waals surface area contributed by atoms with Crippen molar-refractivity contribution in [3.8, 4) is 0 Å². The lowest BCUT2D eigenvalue weighted by molar-refractivity contribution is 0.942. The third-order valence-corrected chi connectivity index (χ3v) is 3.75. The smallest absolute Gasteiger partial charge is 0.230 e. The first-order valence-corrected chi connectivity index (χ1v) is 7.24. The lowest BCUT2D eigenvalue weighted by atomic mass is 10.2. The molecular formula is C12H16ClN5S. The van der Waals surface area contributed by atoms with Gasteiger partial charge in [0, 0.05) is 19.0 Å². The molecule has 7 heteroatoms. The Kier molecular flexibility index (Phi) is 4.55. The molecule has 0 radical (unpaired) electrons. The summed E-state index contributed by atoms with van der Waals surface area (Å²) in [5.74, 6) is 1.04. The van der Waals surface area contributed by atoms with Crippen LogP contribution in [0, 0.1) is 0 Å². The van der Waals surface area contributed by atoms with E-state index in [1.54, 1.807) is 16.2 Å². The highest BCUT2D eigenvalue weighted by Gasteiger charge is 2.08. The summed E-state index contributed by atoms with van der Waals surface area (Å²) in [5, 5.41) is 5.49. The van der Waals surface area contributed by atoms with Crippen molar-refractivity contribution >= 4 is 34.8 Å². The Bertz CT molecular complexity index is 555. The number of hydrogen-bond acceptors (Lipinski definition) is 6. The maximum atomic E-state index is 5.89. The van der Waals surface area contributed by atoms with Gasteiger partial charge in [-0.1, -0.05) is 6.92 Å². The fourth-order valence-electron chi connectivity index (χ4n) is 1.62. The van der Waals surface area contributed by atoms with Crippen LogP contribution in [0.5, 0.6) is 0 Å². The van der Waals surface area contributed by atoms with Crippen molar-refractivity contribution in [2.75, 3.05) is 24.3 Å². The minimum Gasteiger partial charge on any atom is -0.349 e. The summed E-state index contributed by atoms with van der Waals surface area (Å²) in [6.07, 6.45) is 1.03. The van der Waals surface area contributed by atoms with Crippen LogP contribution >= 0.6 is 22.9 Å². The van der Waals surface area contributed by atoms with Crippen LogP contribution in [0.3, 0.4) is 0 Å². The quantitative estimate of drug-likeness (QED) is 0.920. The Morgan fingerprint density at radius 3 is 2.79 bits per heavy atom. The summed E-state index contributed by atoms with van der Waals surface area (Å²) < 4.78 is 0. The highest BCUT2D eigenvalue weighted by molar-refractivity contribution is 7.10. The van der Waals surface area contributed by atoms with Crippen molar-refractivity contribution in [3.63, 3.8) is 0 Å². The number of anilines is 2. The highest BCUT2D eigenvalue weighted by Crippen LogP contribution is 2.19. The SMILES string of the molecule is CCc1ccsc1CNc1nc(Cl)nc(N(C)C)n1. The van der Waals surface area contributed by atoms with Gasteiger partial charge in [0.15, 0.2) is 0 Å². The molecule has 0 fully saturated rings. The standard InChI is InChI=1S/C12H16ClN5S/c1-4-8-5-6-19-9(8)7-14-11-15-10(13)16-12(17-11)18(2)3/h5-6H,4,7H2,1-3H3,(H,14,15,16,17). The van der Waals surface area contributed by atoms with E-state index in [1.165, 1.54) is 10.4 Å². The molecule has 0 aliphatic carbocycles. The molecule has 19 heavy (non-hydrogen) atoms. The van der Waals surface area contributed by atoms with Crippen molar-refractivity contribution in [3.05, 3.63) is 27.2 Å². The lowest BCUT2D eigenvalue weighted by Crippen LogP contribution is -2.15. The van der Waals surface area contributed by atoms with Gasteiger partial charge in [0.1, 0.15) is 0 Å². The second-order valence-electron chi connectivity index (χ2n) is 4.20. The van der Waals surface area contributed by atoms with Crippen LogP contribution in [0.15, 0.2) is 11.4 Å². The molecule has 2 heterocycles. The largest absolute Gasteiger partial charge is 0.349 e. The number of rotatable bonds is 5. The van der Waals surface area contributed by atoms with Crippen LogP contribution in [0.25, 0.3) is 0 Å². The molecule has 2 aromatic heterocycles. The third kappa shape index (κ3) is 3.54. The summed E-state index contributed by atoms with van der Waals surface area (Å²) in [7, 11) is 3.73. The maximum Gasteiger partial charge on any atom is 0.230 e. The zero-order chi connectivity index (χ0) is 13.8. The molecule has 0 unspecified atom stereocenters. The summed E-state index contributed by atoms with van der Waals surface area (Å²) in [5.41, 5.74) is 1.35. The first kappa shape index (κ1) is 14.0. The zero-order valence-electron chi connectivity index (χ0n) is 11.1. The van der Waals surface area contributed by atoms with Crippen LogP contribution in [-0.4, -0.2) is 29.0 Å². The van der Waals surface area contributed by atoms with E-state index in [2.05, 4.69) is 38.6 Å². The van der Waals surface area contributed by atoms with Gasteiger partial charge in [-0.15, -0.1) is 11.3 Å². The van der Waals surface area contributed by atoms with Gasteiger partial charge in [0.25, 0.3) is 0 Å². The second kappa shape index (κ2) is 6.16. The summed E-state index contributed by atoms with van der Waals surface area (Å²) in [6.45, 7) is 2.85. The van der Waals surface area contributed by atoms with Crippen molar-refractivity contribution in [1.82, 2.24) is 15.0 Å². The van der Waals surface area contributed by atoms with E-state index in [-0.39, 0.29) is 5.28 Å². The van der Waals surface area contributed by atoms with Crippen LogP contribution in [-0.2, 0) is 13.0 Å². The van der Waals surface area contributed by atoms with E-state index in [0.717, 1.165) is 6.42 Å². The first-order chi connectivity index (χ1) is 9.10. The molecule has 0 atom stereocenters. The minimum atomic E-state index is 0.197. The fourth-order valence-corrected chi connectivity index (χ4v) is 2.69. The number of hydrogen-bond donors (Lipinski definition) is 1. The number of aryl methyl sites for hydroxylation is 1. The van der Waals surface area contributed by atoms with Crippen LogP contribution in [0.1, 0.15) is 17.4 Å². The Balaban J connectivity index is 2.11. The molecule has 0 saturated carbocycles. The van der Waals surface area contributed by atoms with E-state index >= 15 is 0 Å². The topological polar surface area (TPSA) is 53.9 Å². The molecule has 0 saturated heterocycles. The van der Waals surface area contributed by atoms with Gasteiger partial charge in [-0.3, -0.25) is 0 Å². The van der Waals surface area contributed by atoms with Gasteiger partial charge in [-0.05, 0) is 35.0 Å². The molecule has 0 aliphatic rings. The molecule has 2 rings (SSSR count). The third-order valence-electron chi connectivity index (χ3n) is 2.62. The van der Waals surface area contributed by atoms with Gasteiger partial charge in [-0.25, -0.2) is 0 Å². The molecular weight excluding hydrogens is 282 g/mol. The molecule has 1 N–H and O–H groups in total. The number of halogens is 1. The van der Waals surface area contributed by atoms with Gasteiger partial charge in [-0.2, -0.15) is 15.0 Å². The first-order valence-electron chi connectivity index (χ1n) is 5.98. The molecule has 2 aromatic rings. The zero-order valence-corrected chi connectivity index (χ0v) is 12.7. The van der Waals surface area contributed by atoms with Crippen LogP contribution < -0.4 is 10.2 Å². The average Bonchev–Trinajstić information content (AvgIpc) is 2.83. The Labute approximate surface area is 121 Å². The van der Waals surface area contributed by atoms with Gasteiger partial charge in [0.05, 0.1) is 6.54 Å². The van der Waals surface area contributed by atoms with E-state index in [0.29, 0.717) is 18.4 Å². The number of thiophene rings is 1. The second-order valence-corrected chi connectivity index (χ2v) is 5.54. The summed E-state index contributed by atoms with van der Waals surface area (Å²) >= 11 is 7.62. The van der Waals surface area contributed by atoms with E-state index in [4.69, 9.17) is 11.6 Å². The molecule has 0 spiro atoms. The molecule has 0 aromatic carbocycles. The number of nitrogens with one attached hydrogen (secondary N) is 1. The highest BCUT2D eigenvalue weighted by atomic mass is 35.5. The molecule has 0 amide bonds. The van der Waals surface area contributed by atoms with Crippen LogP contribution in [0.4, 0.5) is 11.9 Å². The predicted molar refractivity (Wildman–Crippen MR) is 80.2 cm³/mol. The summed E-state index contributed by atoms with van der Waals surface area (Å²) in [4.78, 5) is 15.5. The lowest BCUT2D eigenvalue weighted by Gasteiger charge is -2.11. The van der Waals surface area contributed by atoms with E-state index in [1.807, 2.05) is 14.1 Å².